The van der Waals surface area contributed by atoms with E-state index in [1.54, 1.807) is 0 Å². The molecule has 0 bridgehead atoms. The highest BCUT2D eigenvalue weighted by Gasteiger charge is 2.38. The zero-order valence-corrected chi connectivity index (χ0v) is 14.8. The lowest BCUT2D eigenvalue weighted by atomic mass is 9.98. The molecule has 1 saturated carbocycles. The number of anilines is 1. The molecule has 24 heavy (non-hydrogen) atoms. The van der Waals surface area contributed by atoms with E-state index in [9.17, 15) is 9.59 Å². The summed E-state index contributed by atoms with van der Waals surface area (Å²) >= 11 is 0. The molecule has 2 aliphatic rings. The number of carbonyl (C=O) groups is 2. The van der Waals surface area contributed by atoms with Crippen molar-refractivity contribution in [3.05, 3.63) is 29.8 Å². The fraction of sp³-hybridized carbons (Fsp3) is 0.600. The summed E-state index contributed by atoms with van der Waals surface area (Å²) < 4.78 is 0. The first kappa shape index (κ1) is 17.0. The number of amides is 2. The Morgan fingerprint density at radius 3 is 2.54 bits per heavy atom. The lowest BCUT2D eigenvalue weighted by molar-refractivity contribution is -0.129. The fourth-order valence-corrected chi connectivity index (χ4v) is 3.85. The molecule has 1 aliphatic heterocycles. The van der Waals surface area contributed by atoms with E-state index in [1.165, 1.54) is 18.4 Å². The van der Waals surface area contributed by atoms with E-state index in [0.29, 0.717) is 24.9 Å². The van der Waals surface area contributed by atoms with Crippen LogP contribution in [-0.4, -0.2) is 29.3 Å². The second kappa shape index (κ2) is 7.37. The second-order valence-electron chi connectivity index (χ2n) is 7.31. The summed E-state index contributed by atoms with van der Waals surface area (Å²) in [4.78, 5) is 26.7. The zero-order valence-electron chi connectivity index (χ0n) is 14.8. The van der Waals surface area contributed by atoms with Crippen LogP contribution in [0.1, 0.15) is 63.9 Å². The average molecular weight is 328 g/mol. The summed E-state index contributed by atoms with van der Waals surface area (Å²) in [5.41, 5.74) is 2.11. The SMILES string of the molecule is CC[C@@H](C)c1ccc(NC(=O)[C@@H]2CC(=O)N(C3CCCC3)C2)cc1. The number of rotatable bonds is 5. The van der Waals surface area contributed by atoms with Crippen LogP contribution < -0.4 is 5.32 Å². The number of hydrogen-bond donors (Lipinski definition) is 1. The molecule has 1 N–H and O–H groups in total. The van der Waals surface area contributed by atoms with Gasteiger partial charge in [-0.05, 0) is 42.9 Å². The van der Waals surface area contributed by atoms with Crippen molar-refractivity contribution >= 4 is 17.5 Å². The van der Waals surface area contributed by atoms with Gasteiger partial charge in [0.15, 0.2) is 0 Å². The first-order valence-electron chi connectivity index (χ1n) is 9.28. The number of hydrogen-bond acceptors (Lipinski definition) is 2. The van der Waals surface area contributed by atoms with E-state index in [-0.39, 0.29) is 17.7 Å². The zero-order chi connectivity index (χ0) is 17.1. The van der Waals surface area contributed by atoms with Crippen LogP contribution in [0, 0.1) is 5.92 Å². The van der Waals surface area contributed by atoms with Crippen molar-refractivity contribution in [3.8, 4) is 0 Å². The van der Waals surface area contributed by atoms with Gasteiger partial charge in [-0.2, -0.15) is 0 Å². The van der Waals surface area contributed by atoms with Crippen LogP contribution in [0.2, 0.25) is 0 Å². The van der Waals surface area contributed by atoms with Gasteiger partial charge in [-0.1, -0.05) is 38.8 Å². The molecule has 3 rings (SSSR count). The third kappa shape index (κ3) is 3.63. The molecule has 0 radical (unpaired) electrons. The predicted octanol–water partition coefficient (Wildman–Crippen LogP) is 3.93. The van der Waals surface area contributed by atoms with Gasteiger partial charge in [0, 0.05) is 24.7 Å². The first-order chi connectivity index (χ1) is 11.6. The number of likely N-dealkylation sites (tertiary alicyclic amines) is 1. The minimum Gasteiger partial charge on any atom is -0.339 e. The van der Waals surface area contributed by atoms with Crippen LogP contribution in [0.25, 0.3) is 0 Å². The van der Waals surface area contributed by atoms with Crippen LogP contribution in [0.3, 0.4) is 0 Å². The van der Waals surface area contributed by atoms with E-state index >= 15 is 0 Å². The highest BCUT2D eigenvalue weighted by molar-refractivity contribution is 5.97. The lowest BCUT2D eigenvalue weighted by Gasteiger charge is -2.23. The van der Waals surface area contributed by atoms with Gasteiger partial charge in [-0.25, -0.2) is 0 Å². The fourth-order valence-electron chi connectivity index (χ4n) is 3.85. The molecule has 1 aromatic rings. The van der Waals surface area contributed by atoms with E-state index in [4.69, 9.17) is 0 Å². The maximum Gasteiger partial charge on any atom is 0.229 e. The topological polar surface area (TPSA) is 49.4 Å². The van der Waals surface area contributed by atoms with Gasteiger partial charge in [0.2, 0.25) is 11.8 Å². The Hall–Kier alpha value is -1.84. The van der Waals surface area contributed by atoms with Crippen molar-refractivity contribution in [1.82, 2.24) is 4.90 Å². The molecule has 1 aliphatic carbocycles. The smallest absolute Gasteiger partial charge is 0.229 e. The largest absolute Gasteiger partial charge is 0.339 e. The molecular weight excluding hydrogens is 300 g/mol. The summed E-state index contributed by atoms with van der Waals surface area (Å²) in [6.45, 7) is 4.96. The number of benzene rings is 1. The molecule has 2 fully saturated rings. The molecule has 0 spiro atoms. The highest BCUT2D eigenvalue weighted by atomic mass is 16.2. The van der Waals surface area contributed by atoms with Crippen LogP contribution in [0.15, 0.2) is 24.3 Å². The summed E-state index contributed by atoms with van der Waals surface area (Å²) in [5.74, 6) is 0.434. The predicted molar refractivity (Wildman–Crippen MR) is 95.9 cm³/mol. The maximum atomic E-state index is 12.5. The average Bonchev–Trinajstić information content (AvgIpc) is 3.24. The standard InChI is InChI=1S/C20H28N2O2/c1-3-14(2)15-8-10-17(11-9-15)21-20(24)16-12-19(23)22(13-16)18-6-4-5-7-18/h8-11,14,16,18H,3-7,12-13H2,1-2H3,(H,21,24)/t14-,16-/m1/s1. The molecule has 4 nitrogen and oxygen atoms in total. The Bertz CT molecular complexity index is 590. The molecule has 0 unspecified atom stereocenters. The molecule has 2 atom stereocenters. The van der Waals surface area contributed by atoms with Gasteiger partial charge >= 0.3 is 0 Å². The molecule has 2 amide bonds. The van der Waals surface area contributed by atoms with Gasteiger partial charge in [0.25, 0.3) is 0 Å². The van der Waals surface area contributed by atoms with E-state index < -0.39 is 0 Å². The van der Waals surface area contributed by atoms with Gasteiger partial charge in [0.05, 0.1) is 5.92 Å². The third-order valence-electron chi connectivity index (χ3n) is 5.65. The van der Waals surface area contributed by atoms with Crippen molar-refractivity contribution in [1.29, 1.82) is 0 Å². The Morgan fingerprint density at radius 2 is 1.92 bits per heavy atom. The highest BCUT2D eigenvalue weighted by Crippen LogP contribution is 2.30. The minimum atomic E-state index is -0.215. The Kier molecular flexibility index (Phi) is 5.22. The summed E-state index contributed by atoms with van der Waals surface area (Å²) in [6.07, 6.45) is 6.05. The molecule has 1 saturated heterocycles. The van der Waals surface area contributed by atoms with Gasteiger partial charge in [-0.3, -0.25) is 9.59 Å². The molecule has 1 aromatic carbocycles. The summed E-state index contributed by atoms with van der Waals surface area (Å²) in [7, 11) is 0. The van der Waals surface area contributed by atoms with E-state index in [1.807, 2.05) is 17.0 Å². The van der Waals surface area contributed by atoms with Crippen LogP contribution in [-0.2, 0) is 9.59 Å². The Balaban J connectivity index is 1.58. The quantitative estimate of drug-likeness (QED) is 0.890. The molecule has 0 aromatic heterocycles. The molecule has 4 heteroatoms. The molecule has 130 valence electrons. The number of carbonyl (C=O) groups excluding carboxylic acids is 2. The number of nitrogens with one attached hydrogen (secondary N) is 1. The maximum absolute atomic E-state index is 12.5. The van der Waals surface area contributed by atoms with Crippen LogP contribution >= 0.6 is 0 Å². The van der Waals surface area contributed by atoms with Crippen molar-refractivity contribution < 1.29 is 9.59 Å². The van der Waals surface area contributed by atoms with Crippen molar-refractivity contribution in [2.75, 3.05) is 11.9 Å². The summed E-state index contributed by atoms with van der Waals surface area (Å²) in [6, 6.07) is 8.45. The van der Waals surface area contributed by atoms with Gasteiger partial charge in [0.1, 0.15) is 0 Å². The van der Waals surface area contributed by atoms with Crippen LogP contribution in [0.4, 0.5) is 5.69 Å². The van der Waals surface area contributed by atoms with Crippen molar-refractivity contribution in [2.45, 2.75) is 64.3 Å². The van der Waals surface area contributed by atoms with E-state index in [0.717, 1.165) is 24.9 Å². The Morgan fingerprint density at radius 1 is 1.25 bits per heavy atom. The van der Waals surface area contributed by atoms with E-state index in [2.05, 4.69) is 31.3 Å². The number of nitrogens with zero attached hydrogens (tertiary/aromatic N) is 1. The normalized spacial score (nSPS) is 22.8. The molecule has 1 heterocycles. The van der Waals surface area contributed by atoms with Crippen molar-refractivity contribution in [3.63, 3.8) is 0 Å². The van der Waals surface area contributed by atoms with Crippen molar-refractivity contribution in [2.24, 2.45) is 5.92 Å². The van der Waals surface area contributed by atoms with Gasteiger partial charge in [-0.15, -0.1) is 0 Å². The Labute approximate surface area is 144 Å². The molecular formula is C20H28N2O2. The lowest BCUT2D eigenvalue weighted by Crippen LogP contribution is -2.35. The first-order valence-corrected chi connectivity index (χ1v) is 9.28. The minimum absolute atomic E-state index is 0.0277. The monoisotopic (exact) mass is 328 g/mol. The summed E-state index contributed by atoms with van der Waals surface area (Å²) in [5, 5.41) is 2.98. The third-order valence-corrected chi connectivity index (χ3v) is 5.65. The second-order valence-corrected chi connectivity index (χ2v) is 7.31. The van der Waals surface area contributed by atoms with Crippen LogP contribution in [0.5, 0.6) is 0 Å². The van der Waals surface area contributed by atoms with Gasteiger partial charge < -0.3 is 10.2 Å².